The quantitative estimate of drug-likeness (QED) is 0.774. The summed E-state index contributed by atoms with van der Waals surface area (Å²) in [6.45, 7) is 2.51. The number of aromatic amines is 2. The Kier molecular flexibility index (Phi) is 3.31. The highest BCUT2D eigenvalue weighted by Crippen LogP contribution is 2.18. The van der Waals surface area contributed by atoms with Gasteiger partial charge in [-0.15, -0.1) is 0 Å². The van der Waals surface area contributed by atoms with Crippen LogP contribution in [0.4, 0.5) is 5.69 Å². The standard InChI is InChI=1S/C16H15N3O2/c1-2-19(12-6-4-3-5-7-12)15(20)11-8-9-13-14(10-11)18-16(21)17-13/h3-10H,2H2,1H3,(H2,17,18,21). The zero-order valence-electron chi connectivity index (χ0n) is 11.6. The number of carbonyl (C=O) groups excluding carboxylic acids is 1. The van der Waals surface area contributed by atoms with Crippen LogP contribution in [0, 0.1) is 0 Å². The molecule has 3 aromatic rings. The number of benzene rings is 2. The van der Waals surface area contributed by atoms with Crippen LogP contribution < -0.4 is 10.6 Å². The summed E-state index contributed by atoms with van der Waals surface area (Å²) in [6.07, 6.45) is 0. The van der Waals surface area contributed by atoms with Crippen LogP contribution in [0.1, 0.15) is 17.3 Å². The molecule has 0 saturated carbocycles. The first-order valence-corrected chi connectivity index (χ1v) is 6.78. The third kappa shape index (κ3) is 2.45. The number of fused-ring (bicyclic) bond motifs is 1. The number of imidazole rings is 1. The number of anilines is 1. The first kappa shape index (κ1) is 13.2. The first-order chi connectivity index (χ1) is 10.2. The lowest BCUT2D eigenvalue weighted by molar-refractivity contribution is 0.0988. The summed E-state index contributed by atoms with van der Waals surface area (Å²) in [4.78, 5) is 31.0. The third-order valence-electron chi connectivity index (χ3n) is 3.39. The van der Waals surface area contributed by atoms with Gasteiger partial charge in [0.15, 0.2) is 0 Å². The molecule has 5 nitrogen and oxygen atoms in total. The maximum Gasteiger partial charge on any atom is 0.323 e. The van der Waals surface area contributed by atoms with Gasteiger partial charge in [-0.1, -0.05) is 18.2 Å². The van der Waals surface area contributed by atoms with Gasteiger partial charge in [-0.05, 0) is 37.3 Å². The summed E-state index contributed by atoms with van der Waals surface area (Å²) in [5.74, 6) is -0.0901. The van der Waals surface area contributed by atoms with E-state index in [1.54, 1.807) is 23.1 Å². The monoisotopic (exact) mass is 281 g/mol. The van der Waals surface area contributed by atoms with Gasteiger partial charge in [-0.2, -0.15) is 0 Å². The molecule has 1 aromatic heterocycles. The van der Waals surface area contributed by atoms with Gasteiger partial charge in [0.05, 0.1) is 11.0 Å². The van der Waals surface area contributed by atoms with Crippen LogP contribution in [0.15, 0.2) is 53.3 Å². The molecule has 106 valence electrons. The Labute approximate surface area is 121 Å². The van der Waals surface area contributed by atoms with Crippen molar-refractivity contribution in [2.75, 3.05) is 11.4 Å². The summed E-state index contributed by atoms with van der Waals surface area (Å²) in [7, 11) is 0. The normalized spacial score (nSPS) is 10.7. The molecular formula is C16H15N3O2. The van der Waals surface area contributed by atoms with E-state index in [4.69, 9.17) is 0 Å². The van der Waals surface area contributed by atoms with Crippen molar-refractivity contribution in [2.45, 2.75) is 6.92 Å². The van der Waals surface area contributed by atoms with Crippen molar-refractivity contribution < 1.29 is 4.79 Å². The lowest BCUT2D eigenvalue weighted by Gasteiger charge is -2.21. The summed E-state index contributed by atoms with van der Waals surface area (Å²) in [5.41, 5.74) is 2.45. The minimum Gasteiger partial charge on any atom is -0.309 e. The molecule has 0 spiro atoms. The lowest BCUT2D eigenvalue weighted by atomic mass is 10.1. The highest BCUT2D eigenvalue weighted by molar-refractivity contribution is 6.07. The fourth-order valence-corrected chi connectivity index (χ4v) is 2.37. The number of nitrogens with one attached hydrogen (secondary N) is 2. The summed E-state index contributed by atoms with van der Waals surface area (Å²) in [6, 6.07) is 14.7. The number of nitrogens with zero attached hydrogens (tertiary/aromatic N) is 1. The first-order valence-electron chi connectivity index (χ1n) is 6.78. The fourth-order valence-electron chi connectivity index (χ4n) is 2.37. The van der Waals surface area contributed by atoms with Crippen molar-refractivity contribution in [3.8, 4) is 0 Å². The number of amides is 1. The Morgan fingerprint density at radius 1 is 1.05 bits per heavy atom. The van der Waals surface area contributed by atoms with Crippen LogP contribution in [0.25, 0.3) is 11.0 Å². The van der Waals surface area contributed by atoms with Gasteiger partial charge in [0.2, 0.25) is 0 Å². The van der Waals surface area contributed by atoms with E-state index in [1.165, 1.54) is 0 Å². The number of H-pyrrole nitrogens is 2. The number of rotatable bonds is 3. The highest BCUT2D eigenvalue weighted by Gasteiger charge is 2.16. The number of hydrogen-bond acceptors (Lipinski definition) is 2. The van der Waals surface area contributed by atoms with E-state index in [0.717, 1.165) is 5.69 Å². The second-order valence-electron chi connectivity index (χ2n) is 4.72. The summed E-state index contributed by atoms with van der Waals surface area (Å²) < 4.78 is 0. The zero-order chi connectivity index (χ0) is 14.8. The van der Waals surface area contributed by atoms with Crippen LogP contribution in [0.5, 0.6) is 0 Å². The van der Waals surface area contributed by atoms with Crippen molar-refractivity contribution in [1.29, 1.82) is 0 Å². The molecule has 1 amide bonds. The number of para-hydroxylation sites is 1. The molecule has 21 heavy (non-hydrogen) atoms. The molecule has 0 aliphatic carbocycles. The number of carbonyl (C=O) groups is 1. The van der Waals surface area contributed by atoms with Crippen molar-refractivity contribution in [3.05, 3.63) is 64.6 Å². The molecule has 0 bridgehead atoms. The van der Waals surface area contributed by atoms with Crippen LogP contribution in [-0.4, -0.2) is 22.4 Å². The molecule has 2 N–H and O–H groups in total. The SMILES string of the molecule is CCN(C(=O)c1ccc2[nH]c(=O)[nH]c2c1)c1ccccc1. The van der Waals surface area contributed by atoms with Crippen LogP contribution in [0.3, 0.4) is 0 Å². The smallest absolute Gasteiger partial charge is 0.309 e. The lowest BCUT2D eigenvalue weighted by Crippen LogP contribution is -2.30. The zero-order valence-corrected chi connectivity index (χ0v) is 11.6. The Morgan fingerprint density at radius 2 is 1.76 bits per heavy atom. The average Bonchev–Trinajstić information content (AvgIpc) is 2.88. The summed E-state index contributed by atoms with van der Waals surface area (Å²) in [5, 5.41) is 0. The number of hydrogen-bond donors (Lipinski definition) is 2. The van der Waals surface area contributed by atoms with Gasteiger partial charge in [-0.3, -0.25) is 4.79 Å². The maximum absolute atomic E-state index is 12.7. The van der Waals surface area contributed by atoms with Gasteiger partial charge in [0, 0.05) is 17.8 Å². The van der Waals surface area contributed by atoms with E-state index in [1.807, 2.05) is 37.3 Å². The van der Waals surface area contributed by atoms with Gasteiger partial charge in [0.25, 0.3) is 5.91 Å². The Bertz CT molecular complexity index is 833. The van der Waals surface area contributed by atoms with Gasteiger partial charge in [-0.25, -0.2) is 4.79 Å². The van der Waals surface area contributed by atoms with E-state index in [-0.39, 0.29) is 11.6 Å². The molecular weight excluding hydrogens is 266 g/mol. The number of aromatic nitrogens is 2. The van der Waals surface area contributed by atoms with E-state index in [9.17, 15) is 9.59 Å². The van der Waals surface area contributed by atoms with E-state index in [0.29, 0.717) is 23.1 Å². The van der Waals surface area contributed by atoms with Gasteiger partial charge >= 0.3 is 5.69 Å². The second kappa shape index (κ2) is 5.28. The maximum atomic E-state index is 12.7. The average molecular weight is 281 g/mol. The van der Waals surface area contributed by atoms with Crippen LogP contribution in [0.2, 0.25) is 0 Å². The summed E-state index contributed by atoms with van der Waals surface area (Å²) >= 11 is 0. The van der Waals surface area contributed by atoms with Crippen LogP contribution >= 0.6 is 0 Å². The molecule has 0 aliphatic heterocycles. The Balaban J connectivity index is 2.00. The second-order valence-corrected chi connectivity index (χ2v) is 4.72. The topological polar surface area (TPSA) is 69.0 Å². The van der Waals surface area contributed by atoms with Crippen molar-refractivity contribution in [1.82, 2.24) is 9.97 Å². The Hall–Kier alpha value is -2.82. The van der Waals surface area contributed by atoms with Crippen LogP contribution in [-0.2, 0) is 0 Å². The van der Waals surface area contributed by atoms with Crippen molar-refractivity contribution in [3.63, 3.8) is 0 Å². The van der Waals surface area contributed by atoms with Gasteiger partial charge in [0.1, 0.15) is 0 Å². The minimum atomic E-state index is -0.273. The molecule has 1 heterocycles. The molecule has 5 heteroatoms. The molecule has 0 saturated heterocycles. The molecule has 0 fully saturated rings. The van der Waals surface area contributed by atoms with Crippen molar-refractivity contribution >= 4 is 22.6 Å². The van der Waals surface area contributed by atoms with E-state index < -0.39 is 0 Å². The largest absolute Gasteiger partial charge is 0.323 e. The predicted octanol–water partition coefficient (Wildman–Crippen LogP) is 2.52. The van der Waals surface area contributed by atoms with Gasteiger partial charge < -0.3 is 14.9 Å². The highest BCUT2D eigenvalue weighted by atomic mass is 16.2. The molecule has 0 aliphatic rings. The molecule has 3 rings (SSSR count). The molecule has 0 radical (unpaired) electrons. The minimum absolute atomic E-state index is 0.0901. The third-order valence-corrected chi connectivity index (χ3v) is 3.39. The molecule has 2 aromatic carbocycles. The predicted molar refractivity (Wildman–Crippen MR) is 82.7 cm³/mol. The molecule has 0 atom stereocenters. The Morgan fingerprint density at radius 3 is 2.48 bits per heavy atom. The molecule has 0 unspecified atom stereocenters. The fraction of sp³-hybridized carbons (Fsp3) is 0.125. The van der Waals surface area contributed by atoms with Crippen molar-refractivity contribution in [2.24, 2.45) is 0 Å². The van der Waals surface area contributed by atoms with E-state index >= 15 is 0 Å². The van der Waals surface area contributed by atoms with E-state index in [2.05, 4.69) is 9.97 Å².